The summed E-state index contributed by atoms with van der Waals surface area (Å²) in [5.41, 5.74) is 0.0285. The maximum Gasteiger partial charge on any atom is 0.410 e. The number of carbonyl (C=O) groups is 1. The van der Waals surface area contributed by atoms with Gasteiger partial charge in [0.15, 0.2) is 0 Å². The third-order valence-corrected chi connectivity index (χ3v) is 3.64. The third-order valence-electron chi connectivity index (χ3n) is 3.64. The van der Waals surface area contributed by atoms with E-state index in [1.165, 1.54) is 12.1 Å². The second kappa shape index (κ2) is 7.25. The normalized spacial score (nSPS) is 18.3. The van der Waals surface area contributed by atoms with Gasteiger partial charge in [-0.1, -0.05) is 0 Å². The molecular formula is C17H24F2N2O2. The Kier molecular flexibility index (Phi) is 5.57. The molecule has 23 heavy (non-hydrogen) atoms. The minimum Gasteiger partial charge on any atom is -0.444 e. The number of halogens is 2. The molecule has 1 atom stereocenters. The molecule has 128 valence electrons. The maximum absolute atomic E-state index is 13.1. The van der Waals surface area contributed by atoms with Gasteiger partial charge in [-0.15, -0.1) is 0 Å². The van der Waals surface area contributed by atoms with E-state index in [1.54, 1.807) is 4.90 Å². The zero-order valence-corrected chi connectivity index (χ0v) is 13.9. The Bertz CT molecular complexity index is 538. The summed E-state index contributed by atoms with van der Waals surface area (Å²) in [5.74, 6) is -1.17. The van der Waals surface area contributed by atoms with Crippen LogP contribution in [0.3, 0.4) is 0 Å². The number of nitrogens with one attached hydrogen (secondary N) is 1. The summed E-state index contributed by atoms with van der Waals surface area (Å²) in [4.78, 5) is 13.9. The van der Waals surface area contributed by atoms with E-state index in [-0.39, 0.29) is 12.1 Å². The van der Waals surface area contributed by atoms with Crippen molar-refractivity contribution in [2.75, 3.05) is 13.1 Å². The van der Waals surface area contributed by atoms with Gasteiger partial charge in [0, 0.05) is 31.7 Å². The zero-order valence-electron chi connectivity index (χ0n) is 13.9. The van der Waals surface area contributed by atoms with Crippen molar-refractivity contribution in [2.45, 2.75) is 51.8 Å². The molecule has 0 aliphatic carbocycles. The number of nitrogens with zero attached hydrogens (tertiary/aromatic N) is 1. The van der Waals surface area contributed by atoms with E-state index in [2.05, 4.69) is 5.32 Å². The topological polar surface area (TPSA) is 41.6 Å². The van der Waals surface area contributed by atoms with Gasteiger partial charge in [0.05, 0.1) is 0 Å². The minimum atomic E-state index is -0.585. The second-order valence-corrected chi connectivity index (χ2v) is 6.88. The van der Waals surface area contributed by atoms with Crippen LogP contribution in [0.15, 0.2) is 18.2 Å². The van der Waals surface area contributed by atoms with Crippen LogP contribution in [0.1, 0.15) is 39.2 Å². The fourth-order valence-corrected chi connectivity index (χ4v) is 2.70. The quantitative estimate of drug-likeness (QED) is 0.921. The molecule has 6 heteroatoms. The molecule has 4 nitrogen and oxygen atoms in total. The Balaban J connectivity index is 1.85. The predicted molar refractivity (Wildman–Crippen MR) is 84.0 cm³/mol. The van der Waals surface area contributed by atoms with Crippen LogP contribution in [0.25, 0.3) is 0 Å². The van der Waals surface area contributed by atoms with Gasteiger partial charge in [0.25, 0.3) is 0 Å². The maximum atomic E-state index is 13.1. The molecule has 0 spiro atoms. The summed E-state index contributed by atoms with van der Waals surface area (Å²) in [5, 5.41) is 3.16. The first-order valence-corrected chi connectivity index (χ1v) is 7.90. The van der Waals surface area contributed by atoms with Crippen molar-refractivity contribution in [2.24, 2.45) is 0 Å². The highest BCUT2D eigenvalue weighted by molar-refractivity contribution is 5.69. The van der Waals surface area contributed by atoms with E-state index in [0.29, 0.717) is 25.2 Å². The Hall–Kier alpha value is -1.69. The number of carbonyl (C=O) groups excluding carboxylic acids is 1. The van der Waals surface area contributed by atoms with E-state index in [1.807, 2.05) is 20.8 Å². The first-order chi connectivity index (χ1) is 10.7. The van der Waals surface area contributed by atoms with Crippen molar-refractivity contribution in [1.29, 1.82) is 0 Å². The molecule has 1 saturated heterocycles. The standard InChI is InChI=1S/C17H24F2N2O2/c1-17(2,3)23-16(22)21-6-4-5-15(21)11-20-10-12-7-13(18)9-14(19)8-12/h7-9,15,20H,4-6,10-11H2,1-3H3. The first-order valence-electron chi connectivity index (χ1n) is 7.90. The third kappa shape index (κ3) is 5.46. The molecule has 2 rings (SSSR count). The van der Waals surface area contributed by atoms with Gasteiger partial charge in [-0.25, -0.2) is 13.6 Å². The molecule has 0 aromatic heterocycles. The number of rotatable bonds is 4. The van der Waals surface area contributed by atoms with Gasteiger partial charge in [-0.3, -0.25) is 0 Å². The Morgan fingerprint density at radius 1 is 1.30 bits per heavy atom. The van der Waals surface area contributed by atoms with Crippen LogP contribution in [-0.4, -0.2) is 35.7 Å². The smallest absolute Gasteiger partial charge is 0.410 e. The monoisotopic (exact) mass is 326 g/mol. The average molecular weight is 326 g/mol. The van der Waals surface area contributed by atoms with Gasteiger partial charge < -0.3 is 15.0 Å². The number of amides is 1. The fraction of sp³-hybridized carbons (Fsp3) is 0.588. The molecule has 0 radical (unpaired) electrons. The lowest BCUT2D eigenvalue weighted by molar-refractivity contribution is 0.0226. The Morgan fingerprint density at radius 2 is 1.96 bits per heavy atom. The van der Waals surface area contributed by atoms with Crippen molar-refractivity contribution in [3.05, 3.63) is 35.4 Å². The molecular weight excluding hydrogens is 302 g/mol. The molecule has 1 fully saturated rings. The minimum absolute atomic E-state index is 0.0447. The van der Waals surface area contributed by atoms with Crippen LogP contribution in [0.4, 0.5) is 13.6 Å². The number of benzene rings is 1. The molecule has 1 heterocycles. The summed E-state index contributed by atoms with van der Waals surface area (Å²) < 4.78 is 31.7. The number of ether oxygens (including phenoxy) is 1. The summed E-state index contributed by atoms with van der Waals surface area (Å²) in [6.45, 7) is 7.12. The number of likely N-dealkylation sites (tertiary alicyclic amines) is 1. The van der Waals surface area contributed by atoms with E-state index < -0.39 is 17.2 Å². The van der Waals surface area contributed by atoms with E-state index in [9.17, 15) is 13.6 Å². The van der Waals surface area contributed by atoms with Gasteiger partial charge in [-0.2, -0.15) is 0 Å². The average Bonchev–Trinajstić information content (AvgIpc) is 2.84. The highest BCUT2D eigenvalue weighted by Gasteiger charge is 2.31. The molecule has 0 saturated carbocycles. The van der Waals surface area contributed by atoms with Gasteiger partial charge in [-0.05, 0) is 51.3 Å². The van der Waals surface area contributed by atoms with E-state index in [0.717, 1.165) is 18.9 Å². The van der Waals surface area contributed by atoms with Crippen molar-refractivity contribution < 1.29 is 18.3 Å². The summed E-state index contributed by atoms with van der Waals surface area (Å²) in [6, 6.07) is 3.50. The highest BCUT2D eigenvalue weighted by atomic mass is 19.1. The zero-order chi connectivity index (χ0) is 17.0. The van der Waals surface area contributed by atoms with E-state index >= 15 is 0 Å². The Morgan fingerprint density at radius 3 is 2.57 bits per heavy atom. The SMILES string of the molecule is CC(C)(C)OC(=O)N1CCCC1CNCc1cc(F)cc(F)c1. The summed E-state index contributed by atoms with van der Waals surface area (Å²) in [6.07, 6.45) is 1.52. The summed E-state index contributed by atoms with van der Waals surface area (Å²) in [7, 11) is 0. The lowest BCUT2D eigenvalue weighted by Crippen LogP contribution is -2.44. The molecule has 1 aliphatic rings. The first kappa shape index (κ1) is 17.7. The van der Waals surface area contributed by atoms with E-state index in [4.69, 9.17) is 4.74 Å². The molecule has 1 aromatic rings. The molecule has 1 aliphatic heterocycles. The lowest BCUT2D eigenvalue weighted by atomic mass is 10.2. The molecule has 1 N–H and O–H groups in total. The van der Waals surface area contributed by atoms with Gasteiger partial charge >= 0.3 is 6.09 Å². The van der Waals surface area contributed by atoms with Crippen molar-refractivity contribution in [3.8, 4) is 0 Å². The summed E-state index contributed by atoms with van der Waals surface area (Å²) >= 11 is 0. The predicted octanol–water partition coefficient (Wildman–Crippen LogP) is 3.45. The number of hydrogen-bond acceptors (Lipinski definition) is 3. The van der Waals surface area contributed by atoms with Crippen LogP contribution in [0, 0.1) is 11.6 Å². The van der Waals surface area contributed by atoms with Crippen LogP contribution in [0.2, 0.25) is 0 Å². The van der Waals surface area contributed by atoms with Crippen LogP contribution < -0.4 is 5.32 Å². The van der Waals surface area contributed by atoms with Crippen LogP contribution >= 0.6 is 0 Å². The largest absolute Gasteiger partial charge is 0.444 e. The molecule has 0 bridgehead atoms. The van der Waals surface area contributed by atoms with Crippen molar-refractivity contribution in [3.63, 3.8) is 0 Å². The van der Waals surface area contributed by atoms with Crippen molar-refractivity contribution >= 4 is 6.09 Å². The van der Waals surface area contributed by atoms with Crippen molar-refractivity contribution in [1.82, 2.24) is 10.2 Å². The van der Waals surface area contributed by atoms with Gasteiger partial charge in [0.2, 0.25) is 0 Å². The molecule has 1 amide bonds. The van der Waals surface area contributed by atoms with Crippen LogP contribution in [0.5, 0.6) is 0 Å². The Labute approximate surface area is 135 Å². The number of hydrogen-bond donors (Lipinski definition) is 1. The van der Waals surface area contributed by atoms with Gasteiger partial charge in [0.1, 0.15) is 17.2 Å². The van der Waals surface area contributed by atoms with Crippen LogP contribution in [-0.2, 0) is 11.3 Å². The molecule has 1 unspecified atom stereocenters. The highest BCUT2D eigenvalue weighted by Crippen LogP contribution is 2.20. The molecule has 1 aromatic carbocycles. The fourth-order valence-electron chi connectivity index (χ4n) is 2.70. The lowest BCUT2D eigenvalue weighted by Gasteiger charge is -2.28. The second-order valence-electron chi connectivity index (χ2n) is 6.88.